The number of hydrogen-bond donors (Lipinski definition) is 0. The zero-order valence-corrected chi connectivity index (χ0v) is 14.5. The van der Waals surface area contributed by atoms with Crippen LogP contribution in [0.1, 0.15) is 5.56 Å². The maximum absolute atomic E-state index is 4.68. The number of piperazine rings is 1. The molecule has 0 atom stereocenters. The first-order valence-corrected chi connectivity index (χ1v) is 8.73. The second-order valence-corrected chi connectivity index (χ2v) is 6.60. The predicted molar refractivity (Wildman–Crippen MR) is 101 cm³/mol. The summed E-state index contributed by atoms with van der Waals surface area (Å²) in [4.78, 5) is 13.5. The number of rotatable bonds is 4. The minimum Gasteiger partial charge on any atom is -0.354 e. The van der Waals surface area contributed by atoms with E-state index in [-0.39, 0.29) is 0 Å². The molecule has 2 aromatic heterocycles. The Balaban J connectivity index is 1.57. The van der Waals surface area contributed by atoms with Crippen LogP contribution in [0.4, 0.5) is 5.82 Å². The lowest BCUT2D eigenvalue weighted by atomic mass is 10.0. The molecule has 0 unspecified atom stereocenters. The molecule has 0 N–H and O–H groups in total. The SMILES string of the molecule is CN1CCN(c2ncccc2-c2ccc(Cn3ccnc3)cc2)CC1. The molecule has 0 amide bonds. The van der Waals surface area contributed by atoms with Gasteiger partial charge in [-0.1, -0.05) is 24.3 Å². The van der Waals surface area contributed by atoms with Gasteiger partial charge in [-0.15, -0.1) is 0 Å². The molecule has 5 nitrogen and oxygen atoms in total. The molecule has 4 rings (SSSR count). The third-order valence-electron chi connectivity index (χ3n) is 4.78. The van der Waals surface area contributed by atoms with Gasteiger partial charge in [-0.2, -0.15) is 0 Å². The molecular formula is C20H23N5. The van der Waals surface area contributed by atoms with E-state index in [1.807, 2.05) is 31.0 Å². The lowest BCUT2D eigenvalue weighted by Crippen LogP contribution is -2.45. The van der Waals surface area contributed by atoms with Crippen LogP contribution in [-0.2, 0) is 6.54 Å². The molecule has 0 spiro atoms. The van der Waals surface area contributed by atoms with Crippen molar-refractivity contribution in [3.05, 3.63) is 66.9 Å². The maximum atomic E-state index is 4.68. The van der Waals surface area contributed by atoms with Crippen LogP contribution in [0.15, 0.2) is 61.3 Å². The van der Waals surface area contributed by atoms with Gasteiger partial charge in [-0.25, -0.2) is 9.97 Å². The largest absolute Gasteiger partial charge is 0.354 e. The summed E-state index contributed by atoms with van der Waals surface area (Å²) in [6.07, 6.45) is 7.54. The topological polar surface area (TPSA) is 37.2 Å². The quantitative estimate of drug-likeness (QED) is 0.736. The van der Waals surface area contributed by atoms with Gasteiger partial charge >= 0.3 is 0 Å². The third-order valence-corrected chi connectivity index (χ3v) is 4.78. The number of benzene rings is 1. The zero-order chi connectivity index (χ0) is 17.1. The van der Waals surface area contributed by atoms with Gasteiger partial charge in [0.05, 0.1) is 6.33 Å². The van der Waals surface area contributed by atoms with Crippen molar-refractivity contribution in [3.63, 3.8) is 0 Å². The second-order valence-electron chi connectivity index (χ2n) is 6.60. The third kappa shape index (κ3) is 3.56. The Morgan fingerprint density at radius 1 is 0.960 bits per heavy atom. The molecule has 3 heterocycles. The molecule has 1 saturated heterocycles. The Morgan fingerprint density at radius 2 is 1.76 bits per heavy atom. The van der Waals surface area contributed by atoms with Gasteiger partial charge in [0.25, 0.3) is 0 Å². The molecule has 1 aliphatic rings. The normalized spacial score (nSPS) is 15.5. The molecule has 1 aromatic carbocycles. The molecule has 1 fully saturated rings. The van der Waals surface area contributed by atoms with Crippen molar-refractivity contribution in [2.75, 3.05) is 38.1 Å². The van der Waals surface area contributed by atoms with Gasteiger partial charge in [0.15, 0.2) is 0 Å². The molecule has 128 valence electrons. The Bertz CT molecular complexity index is 802. The van der Waals surface area contributed by atoms with Crippen molar-refractivity contribution in [2.45, 2.75) is 6.54 Å². The van der Waals surface area contributed by atoms with Gasteiger partial charge < -0.3 is 14.4 Å². The summed E-state index contributed by atoms with van der Waals surface area (Å²) < 4.78 is 2.08. The number of aromatic nitrogens is 3. The Labute approximate surface area is 148 Å². The molecule has 0 aliphatic carbocycles. The van der Waals surface area contributed by atoms with Crippen LogP contribution in [0.3, 0.4) is 0 Å². The Morgan fingerprint density at radius 3 is 2.48 bits per heavy atom. The summed E-state index contributed by atoms with van der Waals surface area (Å²) in [6, 6.07) is 13.0. The van der Waals surface area contributed by atoms with E-state index in [1.165, 1.54) is 16.7 Å². The summed E-state index contributed by atoms with van der Waals surface area (Å²) in [5.41, 5.74) is 3.70. The van der Waals surface area contributed by atoms with Crippen molar-refractivity contribution in [3.8, 4) is 11.1 Å². The fourth-order valence-corrected chi connectivity index (χ4v) is 3.27. The Hall–Kier alpha value is -2.66. The highest BCUT2D eigenvalue weighted by molar-refractivity contribution is 5.76. The van der Waals surface area contributed by atoms with E-state index in [0.29, 0.717) is 0 Å². The average molecular weight is 333 g/mol. The number of hydrogen-bond acceptors (Lipinski definition) is 4. The van der Waals surface area contributed by atoms with Crippen molar-refractivity contribution >= 4 is 5.82 Å². The zero-order valence-electron chi connectivity index (χ0n) is 14.5. The van der Waals surface area contributed by atoms with Gasteiger partial charge in [0, 0.05) is 56.9 Å². The fraction of sp³-hybridized carbons (Fsp3) is 0.300. The van der Waals surface area contributed by atoms with Crippen LogP contribution in [0.5, 0.6) is 0 Å². The van der Waals surface area contributed by atoms with E-state index in [4.69, 9.17) is 0 Å². The number of imidazole rings is 1. The summed E-state index contributed by atoms with van der Waals surface area (Å²) >= 11 is 0. The highest BCUT2D eigenvalue weighted by atomic mass is 15.3. The van der Waals surface area contributed by atoms with Gasteiger partial charge in [-0.3, -0.25) is 0 Å². The highest BCUT2D eigenvalue weighted by Gasteiger charge is 2.18. The predicted octanol–water partition coefficient (Wildman–Crippen LogP) is 2.75. The van der Waals surface area contributed by atoms with Gasteiger partial charge in [0.2, 0.25) is 0 Å². The molecule has 1 aliphatic heterocycles. The number of likely N-dealkylation sites (N-methyl/N-ethyl adjacent to an activating group) is 1. The smallest absolute Gasteiger partial charge is 0.136 e. The molecule has 0 bridgehead atoms. The first-order valence-electron chi connectivity index (χ1n) is 8.73. The number of anilines is 1. The van der Waals surface area contributed by atoms with Crippen LogP contribution in [0.2, 0.25) is 0 Å². The van der Waals surface area contributed by atoms with Crippen LogP contribution in [0.25, 0.3) is 11.1 Å². The monoisotopic (exact) mass is 333 g/mol. The summed E-state index contributed by atoms with van der Waals surface area (Å²) in [5, 5.41) is 0. The van der Waals surface area contributed by atoms with Crippen molar-refractivity contribution in [1.82, 2.24) is 19.4 Å². The Kier molecular flexibility index (Phi) is 4.48. The van der Waals surface area contributed by atoms with Crippen molar-refractivity contribution in [1.29, 1.82) is 0 Å². The summed E-state index contributed by atoms with van der Waals surface area (Å²) in [5.74, 6) is 1.10. The van der Waals surface area contributed by atoms with Crippen molar-refractivity contribution in [2.24, 2.45) is 0 Å². The lowest BCUT2D eigenvalue weighted by Gasteiger charge is -2.34. The van der Waals surface area contributed by atoms with E-state index in [1.54, 1.807) is 0 Å². The minimum absolute atomic E-state index is 0.846. The van der Waals surface area contributed by atoms with E-state index in [2.05, 4.69) is 61.7 Å². The van der Waals surface area contributed by atoms with Crippen LogP contribution in [-0.4, -0.2) is 52.7 Å². The molecular weight excluding hydrogens is 310 g/mol. The van der Waals surface area contributed by atoms with Crippen LogP contribution in [0, 0.1) is 0 Å². The fourth-order valence-electron chi connectivity index (χ4n) is 3.27. The molecule has 0 saturated carbocycles. The van der Waals surface area contributed by atoms with Crippen LogP contribution >= 0.6 is 0 Å². The summed E-state index contributed by atoms with van der Waals surface area (Å²) in [7, 11) is 2.18. The van der Waals surface area contributed by atoms with Gasteiger partial charge in [0.1, 0.15) is 5.82 Å². The van der Waals surface area contributed by atoms with E-state index in [0.717, 1.165) is 38.5 Å². The number of pyridine rings is 1. The molecule has 3 aromatic rings. The van der Waals surface area contributed by atoms with Crippen LogP contribution < -0.4 is 4.90 Å². The first kappa shape index (κ1) is 15.8. The molecule has 25 heavy (non-hydrogen) atoms. The van der Waals surface area contributed by atoms with Gasteiger partial charge in [-0.05, 0) is 30.3 Å². The molecule has 0 radical (unpaired) electrons. The average Bonchev–Trinajstić information content (AvgIpc) is 3.16. The highest BCUT2D eigenvalue weighted by Crippen LogP contribution is 2.29. The first-order chi connectivity index (χ1) is 12.3. The maximum Gasteiger partial charge on any atom is 0.136 e. The summed E-state index contributed by atoms with van der Waals surface area (Å²) in [6.45, 7) is 5.07. The van der Waals surface area contributed by atoms with E-state index in [9.17, 15) is 0 Å². The standard InChI is InChI=1S/C20H23N5/c1-23-11-13-25(14-12-23)20-19(3-2-8-22-20)18-6-4-17(5-7-18)15-24-10-9-21-16-24/h2-10,16H,11-15H2,1H3. The minimum atomic E-state index is 0.846. The van der Waals surface area contributed by atoms with E-state index >= 15 is 0 Å². The second kappa shape index (κ2) is 7.07. The van der Waals surface area contributed by atoms with E-state index < -0.39 is 0 Å². The van der Waals surface area contributed by atoms with Crippen molar-refractivity contribution < 1.29 is 0 Å². The lowest BCUT2D eigenvalue weighted by molar-refractivity contribution is 0.312. The number of nitrogens with zero attached hydrogens (tertiary/aromatic N) is 5. The molecule has 5 heteroatoms.